The fourth-order valence-corrected chi connectivity index (χ4v) is 1.59. The van der Waals surface area contributed by atoms with Gasteiger partial charge in [-0.3, -0.25) is 4.79 Å². The molecule has 0 atom stereocenters. The number of carbonyl (C=O) groups is 1. The number of benzene rings is 1. The Morgan fingerprint density at radius 3 is 2.14 bits per heavy atom. The van der Waals surface area contributed by atoms with Gasteiger partial charge in [-0.05, 0) is 36.4 Å². The third-order valence-electron chi connectivity index (χ3n) is 2.74. The Labute approximate surface area is 124 Å². The Morgan fingerprint density at radius 2 is 1.64 bits per heavy atom. The van der Waals surface area contributed by atoms with Crippen LogP contribution < -0.4 is 10.6 Å². The number of hydrogen-bond acceptors (Lipinski definition) is 4. The predicted molar refractivity (Wildman–Crippen MR) is 75.7 cm³/mol. The molecular formula is C14H13F3N4O. The minimum atomic E-state index is -4.36. The first-order valence-electron chi connectivity index (χ1n) is 6.46. The van der Waals surface area contributed by atoms with E-state index in [-0.39, 0.29) is 5.91 Å². The van der Waals surface area contributed by atoms with Gasteiger partial charge in [0.05, 0.1) is 5.56 Å². The Balaban J connectivity index is 2.03. The molecule has 2 aromatic rings. The molecule has 116 valence electrons. The maximum Gasteiger partial charge on any atom is 0.416 e. The fourth-order valence-electron chi connectivity index (χ4n) is 1.59. The van der Waals surface area contributed by atoms with E-state index in [0.717, 1.165) is 12.1 Å². The van der Waals surface area contributed by atoms with Gasteiger partial charge in [0.2, 0.25) is 5.91 Å². The standard InChI is InChI=1S/C14H13F3N4O/c1-2-13(22)19-12-8-7-11(20-21-12)18-10-5-3-9(4-6-10)14(15,16)17/h3-8H,2H2,1H3,(H,18,20)(H,19,21,22). The van der Waals surface area contributed by atoms with Crippen LogP contribution in [0.1, 0.15) is 18.9 Å². The van der Waals surface area contributed by atoms with Crippen LogP contribution in [0, 0.1) is 0 Å². The van der Waals surface area contributed by atoms with Gasteiger partial charge in [-0.15, -0.1) is 10.2 Å². The first-order valence-corrected chi connectivity index (χ1v) is 6.46. The van der Waals surface area contributed by atoms with Crippen molar-refractivity contribution in [2.45, 2.75) is 19.5 Å². The first kappa shape index (κ1) is 15.7. The molecule has 1 aromatic carbocycles. The second kappa shape index (κ2) is 6.42. The van der Waals surface area contributed by atoms with Crippen molar-refractivity contribution in [3.05, 3.63) is 42.0 Å². The summed E-state index contributed by atoms with van der Waals surface area (Å²) in [5.74, 6) is 0.483. The van der Waals surface area contributed by atoms with Crippen molar-refractivity contribution in [1.82, 2.24) is 10.2 Å². The summed E-state index contributed by atoms with van der Waals surface area (Å²) in [5, 5.41) is 13.0. The Kier molecular flexibility index (Phi) is 4.59. The quantitative estimate of drug-likeness (QED) is 0.905. The molecule has 0 aliphatic carbocycles. The van der Waals surface area contributed by atoms with Crippen LogP contribution in [-0.2, 0) is 11.0 Å². The topological polar surface area (TPSA) is 66.9 Å². The highest BCUT2D eigenvalue weighted by Crippen LogP contribution is 2.30. The Bertz CT molecular complexity index is 639. The SMILES string of the molecule is CCC(=O)Nc1ccc(Nc2ccc(C(F)(F)F)cc2)nn1. The second-order valence-corrected chi connectivity index (χ2v) is 4.41. The zero-order valence-corrected chi connectivity index (χ0v) is 11.6. The fraction of sp³-hybridized carbons (Fsp3) is 0.214. The van der Waals surface area contributed by atoms with Crippen molar-refractivity contribution in [3.63, 3.8) is 0 Å². The number of anilines is 3. The zero-order chi connectivity index (χ0) is 16.2. The van der Waals surface area contributed by atoms with E-state index in [2.05, 4.69) is 20.8 Å². The van der Waals surface area contributed by atoms with Gasteiger partial charge in [0.15, 0.2) is 11.6 Å². The molecular weight excluding hydrogens is 297 g/mol. The van der Waals surface area contributed by atoms with E-state index in [1.54, 1.807) is 19.1 Å². The maximum atomic E-state index is 12.4. The average molecular weight is 310 g/mol. The van der Waals surface area contributed by atoms with E-state index in [9.17, 15) is 18.0 Å². The predicted octanol–water partition coefficient (Wildman–Crippen LogP) is 3.59. The zero-order valence-electron chi connectivity index (χ0n) is 11.6. The van der Waals surface area contributed by atoms with Crippen molar-refractivity contribution in [2.75, 3.05) is 10.6 Å². The highest BCUT2D eigenvalue weighted by molar-refractivity contribution is 5.89. The lowest BCUT2D eigenvalue weighted by Crippen LogP contribution is -2.11. The summed E-state index contributed by atoms with van der Waals surface area (Å²) >= 11 is 0. The van der Waals surface area contributed by atoms with E-state index < -0.39 is 11.7 Å². The lowest BCUT2D eigenvalue weighted by atomic mass is 10.2. The molecule has 0 unspecified atom stereocenters. The number of hydrogen-bond donors (Lipinski definition) is 2. The van der Waals surface area contributed by atoms with Gasteiger partial charge in [0.25, 0.3) is 0 Å². The average Bonchev–Trinajstić information content (AvgIpc) is 2.49. The molecule has 0 aliphatic rings. The smallest absolute Gasteiger partial charge is 0.339 e. The summed E-state index contributed by atoms with van der Waals surface area (Å²) in [6.45, 7) is 1.71. The summed E-state index contributed by atoms with van der Waals surface area (Å²) in [6.07, 6.45) is -4.04. The molecule has 0 spiro atoms. The molecule has 0 fully saturated rings. The van der Waals surface area contributed by atoms with Crippen molar-refractivity contribution >= 4 is 23.2 Å². The Morgan fingerprint density at radius 1 is 1.05 bits per heavy atom. The lowest BCUT2D eigenvalue weighted by molar-refractivity contribution is -0.137. The molecule has 2 N–H and O–H groups in total. The van der Waals surface area contributed by atoms with E-state index in [1.807, 2.05) is 0 Å². The molecule has 0 aliphatic heterocycles. The molecule has 5 nitrogen and oxygen atoms in total. The van der Waals surface area contributed by atoms with E-state index in [4.69, 9.17) is 0 Å². The molecule has 22 heavy (non-hydrogen) atoms. The van der Waals surface area contributed by atoms with Gasteiger partial charge in [-0.1, -0.05) is 6.92 Å². The number of amides is 1. The molecule has 0 saturated heterocycles. The maximum absolute atomic E-state index is 12.4. The van der Waals surface area contributed by atoms with Gasteiger partial charge in [-0.25, -0.2) is 0 Å². The number of rotatable bonds is 4. The van der Waals surface area contributed by atoms with Crippen LogP contribution in [0.25, 0.3) is 0 Å². The summed E-state index contributed by atoms with van der Waals surface area (Å²) in [5.41, 5.74) is -0.269. The normalized spacial score (nSPS) is 11.1. The van der Waals surface area contributed by atoms with Crippen LogP contribution in [0.5, 0.6) is 0 Å². The van der Waals surface area contributed by atoms with Crippen molar-refractivity contribution in [3.8, 4) is 0 Å². The van der Waals surface area contributed by atoms with Crippen molar-refractivity contribution < 1.29 is 18.0 Å². The number of halogens is 3. The van der Waals surface area contributed by atoms with Crippen molar-refractivity contribution in [2.24, 2.45) is 0 Å². The largest absolute Gasteiger partial charge is 0.416 e. The van der Waals surface area contributed by atoms with Crippen LogP contribution in [0.15, 0.2) is 36.4 Å². The lowest BCUT2D eigenvalue weighted by Gasteiger charge is -2.09. The minimum Gasteiger partial charge on any atom is -0.339 e. The number of nitrogens with one attached hydrogen (secondary N) is 2. The number of carbonyl (C=O) groups excluding carboxylic acids is 1. The van der Waals surface area contributed by atoms with Crippen molar-refractivity contribution in [1.29, 1.82) is 0 Å². The molecule has 1 aromatic heterocycles. The second-order valence-electron chi connectivity index (χ2n) is 4.41. The van der Waals surface area contributed by atoms with Crippen LogP contribution in [-0.4, -0.2) is 16.1 Å². The van der Waals surface area contributed by atoms with Gasteiger partial charge in [-0.2, -0.15) is 13.2 Å². The van der Waals surface area contributed by atoms with Crippen LogP contribution >= 0.6 is 0 Å². The molecule has 0 saturated carbocycles. The summed E-state index contributed by atoms with van der Waals surface area (Å²) in [4.78, 5) is 11.2. The van der Waals surface area contributed by atoms with Gasteiger partial charge in [0, 0.05) is 12.1 Å². The number of aromatic nitrogens is 2. The summed E-state index contributed by atoms with van der Waals surface area (Å²) in [7, 11) is 0. The van der Waals surface area contributed by atoms with E-state index in [1.165, 1.54) is 12.1 Å². The molecule has 1 heterocycles. The minimum absolute atomic E-state index is 0.183. The molecule has 0 bridgehead atoms. The molecule has 0 radical (unpaired) electrons. The highest BCUT2D eigenvalue weighted by atomic mass is 19.4. The molecule has 2 rings (SSSR count). The summed E-state index contributed by atoms with van der Waals surface area (Å²) < 4.78 is 37.3. The van der Waals surface area contributed by atoms with Gasteiger partial charge in [0.1, 0.15) is 0 Å². The third-order valence-corrected chi connectivity index (χ3v) is 2.74. The monoisotopic (exact) mass is 310 g/mol. The first-order chi connectivity index (χ1) is 10.4. The third kappa shape index (κ3) is 4.18. The molecule has 8 heteroatoms. The van der Waals surface area contributed by atoms with Gasteiger partial charge >= 0.3 is 6.18 Å². The van der Waals surface area contributed by atoms with E-state index in [0.29, 0.717) is 23.7 Å². The highest BCUT2D eigenvalue weighted by Gasteiger charge is 2.29. The molecule has 1 amide bonds. The van der Waals surface area contributed by atoms with Crippen LogP contribution in [0.3, 0.4) is 0 Å². The van der Waals surface area contributed by atoms with Crippen LogP contribution in [0.2, 0.25) is 0 Å². The number of alkyl halides is 3. The van der Waals surface area contributed by atoms with Crippen LogP contribution in [0.4, 0.5) is 30.5 Å². The summed E-state index contributed by atoms with van der Waals surface area (Å²) in [6, 6.07) is 7.68. The van der Waals surface area contributed by atoms with Gasteiger partial charge < -0.3 is 10.6 Å². The van der Waals surface area contributed by atoms with E-state index >= 15 is 0 Å². The number of nitrogens with zero attached hydrogens (tertiary/aromatic N) is 2. The Hall–Kier alpha value is -2.64.